The maximum atomic E-state index is 13.2. The molecule has 7 nitrogen and oxygen atoms in total. The van der Waals surface area contributed by atoms with E-state index in [2.05, 4.69) is 13.8 Å². The fraction of sp³-hybridized carbons (Fsp3) is 0.955. The van der Waals surface area contributed by atoms with Crippen LogP contribution in [0.3, 0.4) is 0 Å². The lowest BCUT2D eigenvalue weighted by atomic mass is 9.79. The van der Waals surface area contributed by atoms with E-state index in [1.165, 1.54) is 167 Å². The van der Waals surface area contributed by atoms with Gasteiger partial charge in [0.25, 0.3) is 0 Å². The van der Waals surface area contributed by atoms with E-state index in [0.29, 0.717) is 12.8 Å². The number of ether oxygens (including phenoxy) is 5. The van der Waals surface area contributed by atoms with Crippen LogP contribution in [-0.2, 0) is 33.3 Å². The molecular formula is C44H78O7. The molecule has 3 saturated heterocycles. The minimum atomic E-state index is -0.532. The number of rotatable bonds is 34. The zero-order valence-corrected chi connectivity index (χ0v) is 33.1. The summed E-state index contributed by atoms with van der Waals surface area (Å²) in [6.07, 6.45) is 39.7. The van der Waals surface area contributed by atoms with E-state index in [9.17, 15) is 9.59 Å². The highest BCUT2D eigenvalue weighted by Gasteiger charge is 2.56. The molecule has 4 rings (SSSR count). The van der Waals surface area contributed by atoms with Gasteiger partial charge in [0.15, 0.2) is 0 Å². The van der Waals surface area contributed by atoms with Crippen molar-refractivity contribution in [3.63, 3.8) is 0 Å². The summed E-state index contributed by atoms with van der Waals surface area (Å²) in [4.78, 5) is 26.4. The number of epoxide rings is 3. The van der Waals surface area contributed by atoms with Gasteiger partial charge in [0.05, 0.1) is 24.0 Å². The largest absolute Gasteiger partial charge is 0.433 e. The predicted octanol–water partition coefficient (Wildman–Crippen LogP) is 12.1. The Hall–Kier alpha value is -1.18. The van der Waals surface area contributed by atoms with Gasteiger partial charge in [-0.2, -0.15) is 0 Å². The van der Waals surface area contributed by atoms with Crippen molar-refractivity contribution in [3.8, 4) is 0 Å². The second-order valence-electron chi connectivity index (χ2n) is 16.6. The van der Waals surface area contributed by atoms with Crippen LogP contribution in [0.25, 0.3) is 0 Å². The van der Waals surface area contributed by atoms with Gasteiger partial charge in [-0.3, -0.25) is 9.59 Å². The summed E-state index contributed by atoms with van der Waals surface area (Å²) in [6.45, 7) is 4.56. The zero-order chi connectivity index (χ0) is 35.9. The van der Waals surface area contributed by atoms with Gasteiger partial charge in [0.1, 0.15) is 12.2 Å². The van der Waals surface area contributed by atoms with Crippen LogP contribution in [0, 0.1) is 11.8 Å². The van der Waals surface area contributed by atoms with Crippen molar-refractivity contribution in [2.24, 2.45) is 11.8 Å². The smallest absolute Gasteiger partial charge is 0.312 e. The quantitative estimate of drug-likeness (QED) is 0.0371. The first-order valence-corrected chi connectivity index (χ1v) is 22.5. The third kappa shape index (κ3) is 18.1. The van der Waals surface area contributed by atoms with Gasteiger partial charge >= 0.3 is 11.9 Å². The molecule has 0 N–H and O–H groups in total. The Bertz CT molecular complexity index is 853. The van der Waals surface area contributed by atoms with Gasteiger partial charge in [0, 0.05) is 0 Å². The lowest BCUT2D eigenvalue weighted by Crippen LogP contribution is -2.38. The van der Waals surface area contributed by atoms with Gasteiger partial charge in [-0.25, -0.2) is 0 Å². The molecule has 3 aliphatic heterocycles. The van der Waals surface area contributed by atoms with E-state index in [4.69, 9.17) is 23.7 Å². The molecule has 1 saturated carbocycles. The number of carbonyl (C=O) groups is 2. The number of carbonyl (C=O) groups excluding carboxylic acids is 2. The molecule has 3 heterocycles. The summed E-state index contributed by atoms with van der Waals surface area (Å²) in [5, 5.41) is 0. The van der Waals surface area contributed by atoms with Crippen molar-refractivity contribution in [1.82, 2.24) is 0 Å². The average molecular weight is 719 g/mol. The van der Waals surface area contributed by atoms with Gasteiger partial charge in [-0.1, -0.05) is 194 Å². The van der Waals surface area contributed by atoms with E-state index in [1.54, 1.807) is 0 Å². The summed E-state index contributed by atoms with van der Waals surface area (Å²) in [5.74, 6) is -1.74. The monoisotopic (exact) mass is 719 g/mol. The average Bonchev–Trinajstić information content (AvgIpc) is 4.06. The molecule has 7 heteroatoms. The van der Waals surface area contributed by atoms with Crippen LogP contribution in [0.4, 0.5) is 0 Å². The summed E-state index contributed by atoms with van der Waals surface area (Å²) in [6, 6.07) is 0. The molecule has 51 heavy (non-hydrogen) atoms. The Morgan fingerprint density at radius 2 is 0.686 bits per heavy atom. The molecule has 4 aliphatic rings. The highest BCUT2D eigenvalue weighted by molar-refractivity contribution is 5.83. The lowest BCUT2D eigenvalue weighted by molar-refractivity contribution is -0.167. The molecule has 0 radical (unpaired) electrons. The summed E-state index contributed by atoms with van der Waals surface area (Å²) >= 11 is 0. The topological polar surface area (TPSA) is 90.2 Å². The third-order valence-corrected chi connectivity index (χ3v) is 12.0. The maximum Gasteiger partial charge on any atom is 0.312 e. The van der Waals surface area contributed by atoms with Gasteiger partial charge in [0.2, 0.25) is 12.6 Å². The molecule has 1 aliphatic carbocycles. The molecule has 8 atom stereocenters. The van der Waals surface area contributed by atoms with Crippen LogP contribution in [0.15, 0.2) is 0 Å². The van der Waals surface area contributed by atoms with Crippen LogP contribution in [0.1, 0.15) is 219 Å². The molecule has 0 bridgehead atoms. The summed E-state index contributed by atoms with van der Waals surface area (Å²) in [7, 11) is 0. The van der Waals surface area contributed by atoms with Crippen molar-refractivity contribution >= 4 is 11.9 Å². The van der Waals surface area contributed by atoms with Crippen LogP contribution >= 0.6 is 0 Å². The molecule has 8 unspecified atom stereocenters. The maximum absolute atomic E-state index is 13.2. The van der Waals surface area contributed by atoms with Gasteiger partial charge < -0.3 is 23.7 Å². The van der Waals surface area contributed by atoms with Crippen LogP contribution < -0.4 is 0 Å². The van der Waals surface area contributed by atoms with E-state index in [0.717, 1.165) is 25.7 Å². The Balaban J connectivity index is 0.961. The Kier molecular flexibility index (Phi) is 21.5. The third-order valence-electron chi connectivity index (χ3n) is 12.0. The van der Waals surface area contributed by atoms with E-state index in [1.807, 2.05) is 0 Å². The highest BCUT2D eigenvalue weighted by Crippen LogP contribution is 2.45. The van der Waals surface area contributed by atoms with E-state index >= 15 is 0 Å². The first-order valence-electron chi connectivity index (χ1n) is 22.5. The van der Waals surface area contributed by atoms with Crippen LogP contribution in [0.2, 0.25) is 0 Å². The fourth-order valence-electron chi connectivity index (χ4n) is 8.30. The normalized spacial score (nSPS) is 27.6. The SMILES string of the molecule is CCCCCCCCCCCCCCCCC1OC1OC(=O)C1CC2OC2CC1C(=O)OC1OC1CCCCCCCCCCCCCCCC. The Labute approximate surface area is 312 Å². The lowest BCUT2D eigenvalue weighted by Gasteiger charge is -2.25. The summed E-state index contributed by atoms with van der Waals surface area (Å²) in [5.41, 5.74) is 0. The molecule has 296 valence electrons. The number of unbranched alkanes of at least 4 members (excludes halogenated alkanes) is 26. The van der Waals surface area contributed by atoms with Crippen molar-refractivity contribution in [3.05, 3.63) is 0 Å². The molecule has 0 aromatic carbocycles. The standard InChI is InChI=1S/C44H78O7/c1-3-5-7-9-11-13-15-17-19-21-23-25-27-29-31-37-43(48-37)50-41(45)35-33-39-40(47-39)34-36(35)42(46)51-44-38(49-44)32-30-28-26-24-22-20-18-16-14-12-10-8-6-4-2/h35-40,43-44H,3-34H2,1-2H3. The predicted molar refractivity (Wildman–Crippen MR) is 204 cm³/mol. The first kappa shape index (κ1) is 42.6. The molecule has 0 aromatic heterocycles. The fourth-order valence-corrected chi connectivity index (χ4v) is 8.30. The van der Waals surface area contributed by atoms with Crippen molar-refractivity contribution in [2.45, 2.75) is 256 Å². The minimum absolute atomic E-state index is 0.000666. The molecular weight excluding hydrogens is 640 g/mol. The molecule has 4 fully saturated rings. The molecule has 0 spiro atoms. The molecule has 0 amide bonds. The minimum Gasteiger partial charge on any atom is -0.433 e. The van der Waals surface area contributed by atoms with Gasteiger partial charge in [-0.15, -0.1) is 0 Å². The van der Waals surface area contributed by atoms with E-state index < -0.39 is 24.4 Å². The molecule has 0 aromatic rings. The van der Waals surface area contributed by atoms with Crippen molar-refractivity contribution in [1.29, 1.82) is 0 Å². The summed E-state index contributed by atoms with van der Waals surface area (Å²) < 4.78 is 28.6. The second-order valence-corrected chi connectivity index (χ2v) is 16.6. The second kappa shape index (κ2) is 25.8. The Morgan fingerprint density at radius 3 is 0.980 bits per heavy atom. The van der Waals surface area contributed by atoms with Crippen LogP contribution in [0.5, 0.6) is 0 Å². The number of esters is 2. The van der Waals surface area contributed by atoms with Crippen molar-refractivity contribution in [2.75, 3.05) is 0 Å². The highest BCUT2D eigenvalue weighted by atomic mass is 16.8. The number of fused-ring (bicyclic) bond motifs is 1. The van der Waals surface area contributed by atoms with Gasteiger partial charge in [-0.05, 0) is 25.7 Å². The van der Waals surface area contributed by atoms with Crippen LogP contribution in [-0.4, -0.2) is 48.9 Å². The number of hydrogen-bond acceptors (Lipinski definition) is 7. The number of hydrogen-bond donors (Lipinski definition) is 0. The van der Waals surface area contributed by atoms with Crippen molar-refractivity contribution < 1.29 is 33.3 Å². The Morgan fingerprint density at radius 1 is 0.412 bits per heavy atom. The van der Waals surface area contributed by atoms with E-state index in [-0.39, 0.29) is 36.4 Å². The first-order chi connectivity index (χ1) is 25.1. The zero-order valence-electron chi connectivity index (χ0n) is 33.1.